The zero-order chi connectivity index (χ0) is 18.6. The fraction of sp³-hybridized carbons (Fsp3) is 0.526. The van der Waals surface area contributed by atoms with Crippen molar-refractivity contribution < 1.29 is 4.74 Å². The maximum absolute atomic E-state index is 5.60. The van der Waals surface area contributed by atoms with Gasteiger partial charge in [-0.25, -0.2) is 4.99 Å². The van der Waals surface area contributed by atoms with Crippen molar-refractivity contribution in [1.29, 1.82) is 0 Å². The van der Waals surface area contributed by atoms with Gasteiger partial charge in [0.2, 0.25) is 0 Å². The Balaban J connectivity index is 1.86. The molecule has 0 bridgehead atoms. The Kier molecular flexibility index (Phi) is 8.62. The van der Waals surface area contributed by atoms with Crippen LogP contribution in [0.15, 0.2) is 41.7 Å². The van der Waals surface area contributed by atoms with Gasteiger partial charge in [0.05, 0.1) is 0 Å². The molecule has 0 spiro atoms. The Morgan fingerprint density at radius 1 is 1.23 bits per heavy atom. The molecule has 0 radical (unpaired) electrons. The minimum Gasteiger partial charge on any atom is -0.381 e. The van der Waals surface area contributed by atoms with Gasteiger partial charge in [0, 0.05) is 32.0 Å². The summed E-state index contributed by atoms with van der Waals surface area (Å²) in [5.74, 6) is 2.15. The van der Waals surface area contributed by atoms with Crippen molar-refractivity contribution in [2.45, 2.75) is 33.7 Å². The van der Waals surface area contributed by atoms with E-state index in [9.17, 15) is 0 Å². The van der Waals surface area contributed by atoms with Crippen LogP contribution in [0.25, 0.3) is 5.69 Å². The Morgan fingerprint density at radius 3 is 2.77 bits per heavy atom. The van der Waals surface area contributed by atoms with E-state index in [2.05, 4.69) is 46.6 Å². The molecule has 26 heavy (non-hydrogen) atoms. The highest BCUT2D eigenvalue weighted by Crippen LogP contribution is 2.09. The van der Waals surface area contributed by atoms with Gasteiger partial charge in [-0.3, -0.25) is 4.57 Å². The van der Waals surface area contributed by atoms with Crippen LogP contribution in [0.4, 0.5) is 0 Å². The van der Waals surface area contributed by atoms with Crippen molar-refractivity contribution in [2.24, 2.45) is 10.9 Å². The summed E-state index contributed by atoms with van der Waals surface area (Å²) in [6, 6.07) is 10.0. The van der Waals surface area contributed by atoms with Gasteiger partial charge in [-0.2, -0.15) is 0 Å². The second-order valence-electron chi connectivity index (χ2n) is 6.40. The SMILES string of the molecule is CCNC(=NCc1nncn1-c1ccccc1)NCCCOCC(C)C. The second-order valence-corrected chi connectivity index (χ2v) is 6.40. The van der Waals surface area contributed by atoms with Crippen molar-refractivity contribution in [3.05, 3.63) is 42.5 Å². The molecule has 1 heterocycles. The van der Waals surface area contributed by atoms with Crippen LogP contribution in [0.5, 0.6) is 0 Å². The van der Waals surface area contributed by atoms with E-state index in [1.165, 1.54) is 0 Å². The predicted octanol–water partition coefficient (Wildman–Crippen LogP) is 2.39. The van der Waals surface area contributed by atoms with Gasteiger partial charge in [0.25, 0.3) is 0 Å². The minimum absolute atomic E-state index is 0.452. The van der Waals surface area contributed by atoms with Crippen LogP contribution < -0.4 is 10.6 Å². The normalized spacial score (nSPS) is 11.8. The molecule has 2 rings (SSSR count). The predicted molar refractivity (Wildman–Crippen MR) is 104 cm³/mol. The number of rotatable bonds is 10. The molecule has 0 aliphatic rings. The molecule has 0 unspecified atom stereocenters. The van der Waals surface area contributed by atoms with E-state index in [1.807, 2.05) is 34.9 Å². The van der Waals surface area contributed by atoms with Crippen LogP contribution in [0, 0.1) is 5.92 Å². The molecule has 0 aliphatic carbocycles. The molecule has 0 saturated carbocycles. The van der Waals surface area contributed by atoms with Crippen LogP contribution in [0.2, 0.25) is 0 Å². The zero-order valence-corrected chi connectivity index (χ0v) is 16.0. The van der Waals surface area contributed by atoms with Crippen molar-refractivity contribution >= 4 is 5.96 Å². The largest absolute Gasteiger partial charge is 0.381 e. The summed E-state index contributed by atoms with van der Waals surface area (Å²) in [4.78, 5) is 4.62. The first-order chi connectivity index (χ1) is 12.7. The lowest BCUT2D eigenvalue weighted by molar-refractivity contribution is 0.108. The molecular formula is C19H30N6O. The molecule has 0 fully saturated rings. The number of nitrogens with zero attached hydrogens (tertiary/aromatic N) is 4. The molecular weight excluding hydrogens is 328 g/mol. The molecule has 1 aromatic carbocycles. The van der Waals surface area contributed by atoms with Crippen LogP contribution in [-0.2, 0) is 11.3 Å². The summed E-state index contributed by atoms with van der Waals surface area (Å²) in [5.41, 5.74) is 1.03. The smallest absolute Gasteiger partial charge is 0.191 e. The summed E-state index contributed by atoms with van der Waals surface area (Å²) in [7, 11) is 0. The van der Waals surface area contributed by atoms with Crippen LogP contribution in [0.3, 0.4) is 0 Å². The number of hydrogen-bond acceptors (Lipinski definition) is 4. The molecule has 2 N–H and O–H groups in total. The van der Waals surface area contributed by atoms with E-state index in [4.69, 9.17) is 4.74 Å². The standard InChI is InChI=1S/C19H30N6O/c1-4-20-19(21-11-8-12-26-14-16(2)3)22-13-18-24-23-15-25(18)17-9-6-5-7-10-17/h5-7,9-10,15-16H,4,8,11-14H2,1-3H3,(H2,20,21,22). The van der Waals surface area contributed by atoms with Gasteiger partial charge >= 0.3 is 0 Å². The lowest BCUT2D eigenvalue weighted by Gasteiger charge is -2.12. The van der Waals surface area contributed by atoms with E-state index in [1.54, 1.807) is 6.33 Å². The average molecular weight is 358 g/mol. The number of guanidine groups is 1. The molecule has 142 valence electrons. The Morgan fingerprint density at radius 2 is 2.04 bits per heavy atom. The second kappa shape index (κ2) is 11.3. The van der Waals surface area contributed by atoms with Crippen molar-refractivity contribution in [1.82, 2.24) is 25.4 Å². The van der Waals surface area contributed by atoms with E-state index in [-0.39, 0.29) is 0 Å². The number of hydrogen-bond donors (Lipinski definition) is 2. The summed E-state index contributed by atoms with van der Waals surface area (Å²) in [5, 5.41) is 14.8. The lowest BCUT2D eigenvalue weighted by Crippen LogP contribution is -2.38. The first-order valence-electron chi connectivity index (χ1n) is 9.25. The highest BCUT2D eigenvalue weighted by molar-refractivity contribution is 5.79. The quantitative estimate of drug-likeness (QED) is 0.387. The first-order valence-corrected chi connectivity index (χ1v) is 9.25. The van der Waals surface area contributed by atoms with Crippen LogP contribution >= 0.6 is 0 Å². The number of benzene rings is 1. The number of ether oxygens (including phenoxy) is 1. The number of aliphatic imine (C=N–C) groups is 1. The molecule has 0 aliphatic heterocycles. The topological polar surface area (TPSA) is 76.4 Å². The van der Waals surface area contributed by atoms with Gasteiger partial charge in [0.15, 0.2) is 11.8 Å². The maximum atomic E-state index is 5.60. The van der Waals surface area contributed by atoms with Gasteiger partial charge in [-0.1, -0.05) is 32.0 Å². The highest BCUT2D eigenvalue weighted by atomic mass is 16.5. The third-order valence-electron chi connectivity index (χ3n) is 3.58. The minimum atomic E-state index is 0.452. The summed E-state index contributed by atoms with van der Waals surface area (Å²) < 4.78 is 7.55. The maximum Gasteiger partial charge on any atom is 0.191 e. The third-order valence-corrected chi connectivity index (χ3v) is 3.58. The third kappa shape index (κ3) is 6.84. The van der Waals surface area contributed by atoms with E-state index >= 15 is 0 Å². The molecule has 1 aromatic heterocycles. The van der Waals surface area contributed by atoms with Gasteiger partial charge in [-0.05, 0) is 31.4 Å². The summed E-state index contributed by atoms with van der Waals surface area (Å²) in [6.07, 6.45) is 2.66. The Hall–Kier alpha value is -2.41. The fourth-order valence-corrected chi connectivity index (χ4v) is 2.36. The van der Waals surface area contributed by atoms with E-state index in [0.29, 0.717) is 12.5 Å². The molecule has 2 aromatic rings. The van der Waals surface area contributed by atoms with Gasteiger partial charge in [-0.15, -0.1) is 10.2 Å². The lowest BCUT2D eigenvalue weighted by atomic mass is 10.2. The van der Waals surface area contributed by atoms with E-state index < -0.39 is 0 Å². The number of nitrogens with one attached hydrogen (secondary N) is 2. The highest BCUT2D eigenvalue weighted by Gasteiger charge is 2.06. The number of para-hydroxylation sites is 1. The van der Waals surface area contributed by atoms with Gasteiger partial charge < -0.3 is 15.4 Å². The van der Waals surface area contributed by atoms with Crippen LogP contribution in [0.1, 0.15) is 33.0 Å². The van der Waals surface area contributed by atoms with Crippen molar-refractivity contribution in [3.8, 4) is 5.69 Å². The Labute approximate surface area is 155 Å². The first kappa shape index (κ1) is 19.9. The average Bonchev–Trinajstić information content (AvgIpc) is 3.11. The van der Waals surface area contributed by atoms with E-state index in [0.717, 1.165) is 50.2 Å². The molecule has 0 amide bonds. The van der Waals surface area contributed by atoms with Crippen molar-refractivity contribution in [3.63, 3.8) is 0 Å². The van der Waals surface area contributed by atoms with Crippen molar-refractivity contribution in [2.75, 3.05) is 26.3 Å². The summed E-state index contributed by atoms with van der Waals surface area (Å²) in [6.45, 7) is 10.0. The Bertz CT molecular complexity index is 653. The zero-order valence-electron chi connectivity index (χ0n) is 16.0. The molecule has 0 atom stereocenters. The molecule has 7 nitrogen and oxygen atoms in total. The van der Waals surface area contributed by atoms with Gasteiger partial charge in [0.1, 0.15) is 12.9 Å². The summed E-state index contributed by atoms with van der Waals surface area (Å²) >= 11 is 0. The monoisotopic (exact) mass is 358 g/mol. The van der Waals surface area contributed by atoms with Crippen LogP contribution in [-0.4, -0.2) is 47.0 Å². The molecule has 7 heteroatoms. The fourth-order valence-electron chi connectivity index (χ4n) is 2.36. The number of aromatic nitrogens is 3. The molecule has 0 saturated heterocycles.